The minimum Gasteiger partial charge on any atom is -0.497 e. The summed E-state index contributed by atoms with van der Waals surface area (Å²) in [6.45, 7) is 1.83. The zero-order chi connectivity index (χ0) is 22.7. The van der Waals surface area contributed by atoms with Gasteiger partial charge in [-0.2, -0.15) is 5.10 Å². The van der Waals surface area contributed by atoms with Gasteiger partial charge in [-0.1, -0.05) is 0 Å². The van der Waals surface area contributed by atoms with E-state index >= 15 is 0 Å². The molecule has 4 aromatic rings. The molecule has 0 radical (unpaired) electrons. The molecule has 0 aliphatic heterocycles. The van der Waals surface area contributed by atoms with Crippen molar-refractivity contribution in [1.29, 1.82) is 0 Å². The third-order valence-electron chi connectivity index (χ3n) is 4.63. The van der Waals surface area contributed by atoms with Crippen molar-refractivity contribution in [2.75, 3.05) is 17.7 Å². The molecular weight excluding hydrogens is 417 g/mol. The van der Waals surface area contributed by atoms with Crippen molar-refractivity contribution < 1.29 is 23.1 Å². The Bertz CT molecular complexity index is 1280. The van der Waals surface area contributed by atoms with Crippen molar-refractivity contribution in [3.8, 4) is 17.1 Å². The number of ether oxygens (including phenoxy) is 1. The van der Waals surface area contributed by atoms with Crippen LogP contribution in [0.1, 0.15) is 26.7 Å². The first-order valence-corrected chi connectivity index (χ1v) is 9.47. The molecule has 2 heterocycles. The van der Waals surface area contributed by atoms with Gasteiger partial charge in [0.15, 0.2) is 17.3 Å². The van der Waals surface area contributed by atoms with Gasteiger partial charge in [-0.3, -0.25) is 14.7 Å². The summed E-state index contributed by atoms with van der Waals surface area (Å²) in [5, 5.41) is 11.5. The molecule has 0 unspecified atom stereocenters. The van der Waals surface area contributed by atoms with Crippen molar-refractivity contribution in [2.24, 2.45) is 0 Å². The molecule has 3 N–H and O–H groups in total. The molecule has 0 saturated heterocycles. The van der Waals surface area contributed by atoms with Crippen LogP contribution in [-0.2, 0) is 0 Å². The lowest BCUT2D eigenvalue weighted by molar-refractivity contribution is 0.0974. The molecule has 0 aliphatic rings. The average molecular weight is 435 g/mol. The molecule has 0 bridgehead atoms. The first-order chi connectivity index (χ1) is 15.4. The summed E-state index contributed by atoms with van der Waals surface area (Å²) in [5.74, 6) is -0.930. The molecule has 9 nitrogen and oxygen atoms in total. The Morgan fingerprint density at radius 2 is 1.78 bits per heavy atom. The molecule has 0 fully saturated rings. The smallest absolute Gasteiger partial charge is 0.291 e. The Labute approximate surface area is 181 Å². The van der Waals surface area contributed by atoms with E-state index in [9.17, 15) is 14.0 Å². The van der Waals surface area contributed by atoms with E-state index in [4.69, 9.17) is 9.15 Å². The largest absolute Gasteiger partial charge is 0.497 e. The third-order valence-corrected chi connectivity index (χ3v) is 4.63. The minimum atomic E-state index is -0.628. The van der Waals surface area contributed by atoms with Crippen LogP contribution in [0, 0.1) is 12.7 Å². The van der Waals surface area contributed by atoms with E-state index in [2.05, 4.69) is 25.8 Å². The van der Waals surface area contributed by atoms with Crippen LogP contribution >= 0.6 is 0 Å². The second-order valence-corrected chi connectivity index (χ2v) is 6.78. The molecule has 0 atom stereocenters. The number of hydrogen-bond donors (Lipinski definition) is 3. The minimum absolute atomic E-state index is 0.0442. The maximum Gasteiger partial charge on any atom is 0.291 e. The van der Waals surface area contributed by atoms with Crippen LogP contribution in [-0.4, -0.2) is 34.1 Å². The number of H-pyrrole nitrogens is 1. The number of aromatic amines is 1. The maximum absolute atomic E-state index is 14.3. The molecule has 2 aromatic heterocycles. The summed E-state index contributed by atoms with van der Waals surface area (Å²) in [7, 11) is 1.56. The van der Waals surface area contributed by atoms with Crippen LogP contribution in [0.4, 0.5) is 15.8 Å². The van der Waals surface area contributed by atoms with Crippen molar-refractivity contribution in [3.63, 3.8) is 0 Å². The van der Waals surface area contributed by atoms with Gasteiger partial charge in [-0.05, 0) is 61.0 Å². The fraction of sp³-hybridized carbons (Fsp3) is 0.0909. The lowest BCUT2D eigenvalue weighted by atomic mass is 10.2. The number of carbonyl (C=O) groups excluding carboxylic acids is 2. The summed E-state index contributed by atoms with van der Waals surface area (Å²) < 4.78 is 24.9. The zero-order valence-electron chi connectivity index (χ0n) is 17.1. The Hall–Kier alpha value is -4.47. The van der Waals surface area contributed by atoms with Gasteiger partial charge < -0.3 is 19.8 Å². The van der Waals surface area contributed by atoms with E-state index in [0.717, 1.165) is 11.6 Å². The number of hydrogen-bond acceptors (Lipinski definition) is 6. The number of methoxy groups -OCH3 is 1. The number of carbonyl (C=O) groups is 2. The first kappa shape index (κ1) is 20.8. The Kier molecular flexibility index (Phi) is 5.67. The molecule has 0 aliphatic carbocycles. The maximum atomic E-state index is 14.3. The van der Waals surface area contributed by atoms with E-state index in [1.165, 1.54) is 30.6 Å². The Morgan fingerprint density at radius 1 is 1.03 bits per heavy atom. The van der Waals surface area contributed by atoms with Gasteiger partial charge >= 0.3 is 0 Å². The van der Waals surface area contributed by atoms with Crippen LogP contribution in [0.5, 0.6) is 5.75 Å². The second kappa shape index (κ2) is 8.72. The highest BCUT2D eigenvalue weighted by Gasteiger charge is 2.18. The number of furan rings is 1. The van der Waals surface area contributed by atoms with Crippen molar-refractivity contribution in [1.82, 2.24) is 15.2 Å². The van der Waals surface area contributed by atoms with Crippen LogP contribution in [0.25, 0.3) is 11.4 Å². The molecule has 32 heavy (non-hydrogen) atoms. The molecule has 2 aromatic carbocycles. The van der Waals surface area contributed by atoms with Crippen molar-refractivity contribution in [3.05, 3.63) is 77.8 Å². The topological polar surface area (TPSA) is 122 Å². The van der Waals surface area contributed by atoms with Gasteiger partial charge in [-0.15, -0.1) is 0 Å². The lowest BCUT2D eigenvalue weighted by Crippen LogP contribution is -2.13. The number of nitrogens with one attached hydrogen (secondary N) is 3. The lowest BCUT2D eigenvalue weighted by Gasteiger charge is -2.09. The number of nitrogens with zero attached hydrogens (tertiary/aromatic N) is 2. The van der Waals surface area contributed by atoms with Crippen LogP contribution in [0.2, 0.25) is 0 Å². The highest BCUT2D eigenvalue weighted by molar-refractivity contribution is 6.06. The first-order valence-electron chi connectivity index (χ1n) is 9.47. The fourth-order valence-electron chi connectivity index (χ4n) is 2.98. The van der Waals surface area contributed by atoms with Gasteiger partial charge in [0.25, 0.3) is 11.8 Å². The molecular formula is C22H18FN5O4. The zero-order valence-corrected chi connectivity index (χ0v) is 17.1. The van der Waals surface area contributed by atoms with E-state index in [0.29, 0.717) is 11.4 Å². The predicted octanol–water partition coefficient (Wildman–Crippen LogP) is 4.03. The monoisotopic (exact) mass is 435 g/mol. The fourth-order valence-corrected chi connectivity index (χ4v) is 2.98. The number of rotatable bonds is 6. The third kappa shape index (κ3) is 4.33. The number of aryl methyl sites for hydroxylation is 1. The number of halogens is 1. The Morgan fingerprint density at radius 3 is 2.41 bits per heavy atom. The number of anilines is 2. The van der Waals surface area contributed by atoms with E-state index in [1.54, 1.807) is 25.3 Å². The summed E-state index contributed by atoms with van der Waals surface area (Å²) >= 11 is 0. The van der Waals surface area contributed by atoms with Gasteiger partial charge in [0.2, 0.25) is 0 Å². The molecule has 4 rings (SSSR count). The van der Waals surface area contributed by atoms with Gasteiger partial charge in [0.05, 0.1) is 12.7 Å². The van der Waals surface area contributed by atoms with Gasteiger partial charge in [-0.25, -0.2) is 9.37 Å². The van der Waals surface area contributed by atoms with Gasteiger partial charge in [0.1, 0.15) is 17.9 Å². The molecule has 0 saturated carbocycles. The van der Waals surface area contributed by atoms with Crippen LogP contribution in [0.15, 0.2) is 59.3 Å². The van der Waals surface area contributed by atoms with Crippen molar-refractivity contribution in [2.45, 2.75) is 6.92 Å². The van der Waals surface area contributed by atoms with Crippen LogP contribution in [0.3, 0.4) is 0 Å². The number of aromatic nitrogens is 3. The summed E-state index contributed by atoms with van der Waals surface area (Å²) in [5.41, 5.74) is 1.82. The second-order valence-electron chi connectivity index (χ2n) is 6.78. The standard InChI is InChI=1S/C22H18FN5O4/c1-12-9-14(31-2)4-6-17(12)27-22(30)19-8-7-18(32-19)21(29)26-13-3-5-15(16(23)10-13)20-24-11-25-28-20/h3-11H,1-2H3,(H,26,29)(H,27,30)(H,24,25,28). The van der Waals surface area contributed by atoms with Crippen molar-refractivity contribution >= 4 is 23.2 Å². The van der Waals surface area contributed by atoms with E-state index in [1.807, 2.05) is 6.92 Å². The SMILES string of the molecule is COc1ccc(NC(=O)c2ccc(C(=O)Nc3ccc(-c4ncn[nH]4)c(F)c3)o2)c(C)c1. The highest BCUT2D eigenvalue weighted by atomic mass is 19.1. The molecule has 10 heteroatoms. The molecule has 162 valence electrons. The van der Waals surface area contributed by atoms with E-state index in [-0.39, 0.29) is 28.6 Å². The highest BCUT2D eigenvalue weighted by Crippen LogP contribution is 2.24. The quantitative estimate of drug-likeness (QED) is 0.420. The number of benzene rings is 2. The van der Waals surface area contributed by atoms with E-state index < -0.39 is 17.6 Å². The summed E-state index contributed by atoms with van der Waals surface area (Å²) in [6.07, 6.45) is 1.27. The van der Waals surface area contributed by atoms with Crippen LogP contribution < -0.4 is 15.4 Å². The Balaban J connectivity index is 1.43. The summed E-state index contributed by atoms with van der Waals surface area (Å²) in [4.78, 5) is 28.8. The molecule has 0 spiro atoms. The average Bonchev–Trinajstić information content (AvgIpc) is 3.48. The predicted molar refractivity (Wildman–Crippen MR) is 114 cm³/mol. The van der Waals surface area contributed by atoms with Gasteiger partial charge in [0, 0.05) is 11.4 Å². The number of amides is 2. The summed E-state index contributed by atoms with van der Waals surface area (Å²) in [6, 6.07) is 12.1. The normalized spacial score (nSPS) is 10.6. The molecule has 2 amide bonds.